The molecule has 1 heterocycles. The lowest BCUT2D eigenvalue weighted by Crippen LogP contribution is -2.27. The smallest absolute Gasteiger partial charge is 0.270 e. The van der Waals surface area contributed by atoms with Crippen LogP contribution in [0.4, 0.5) is 5.69 Å². The number of para-hydroxylation sites is 1. The second kappa shape index (κ2) is 11.0. The van der Waals surface area contributed by atoms with Crippen molar-refractivity contribution in [1.29, 1.82) is 0 Å². The van der Waals surface area contributed by atoms with E-state index in [1.54, 1.807) is 30.3 Å². The van der Waals surface area contributed by atoms with Gasteiger partial charge in [-0.3, -0.25) is 9.69 Å². The number of thioether (sulfide) groups is 1. The topological polar surface area (TPSA) is 38.8 Å². The van der Waals surface area contributed by atoms with Crippen molar-refractivity contribution in [2.24, 2.45) is 0 Å². The summed E-state index contributed by atoms with van der Waals surface area (Å²) in [6.07, 6.45) is 1.75. The van der Waals surface area contributed by atoms with E-state index in [0.29, 0.717) is 48.0 Å². The highest BCUT2D eigenvalue weighted by Crippen LogP contribution is 2.40. The van der Waals surface area contributed by atoms with Crippen LogP contribution in [0.15, 0.2) is 65.6 Å². The van der Waals surface area contributed by atoms with E-state index in [1.165, 1.54) is 16.7 Å². The molecule has 0 unspecified atom stereocenters. The van der Waals surface area contributed by atoms with Crippen molar-refractivity contribution in [3.63, 3.8) is 0 Å². The van der Waals surface area contributed by atoms with Crippen molar-refractivity contribution in [2.45, 2.75) is 13.5 Å². The third kappa shape index (κ3) is 5.53. The lowest BCUT2D eigenvalue weighted by atomic mass is 10.1. The summed E-state index contributed by atoms with van der Waals surface area (Å²) in [7, 11) is 0. The van der Waals surface area contributed by atoms with Crippen LogP contribution in [0, 0.1) is 0 Å². The standard InChI is InChI=1S/C25H18Cl3NO3S2/c1-2-31-21-12-16(11-20(28)23(21)32-14-15-8-9-18(26)19(27)10-15)13-22-24(30)29(25(33)34-22)17-6-4-3-5-7-17/h3-13H,2,14H2,1H3/b22-13+. The predicted molar refractivity (Wildman–Crippen MR) is 146 cm³/mol. The van der Waals surface area contributed by atoms with Crippen LogP contribution in [0.2, 0.25) is 15.1 Å². The molecule has 0 radical (unpaired) electrons. The van der Waals surface area contributed by atoms with Gasteiger partial charge in [0, 0.05) is 0 Å². The van der Waals surface area contributed by atoms with Gasteiger partial charge in [0.15, 0.2) is 15.8 Å². The van der Waals surface area contributed by atoms with Crippen LogP contribution in [0.25, 0.3) is 6.08 Å². The first-order valence-electron chi connectivity index (χ1n) is 10.2. The number of rotatable bonds is 7. The molecular weight excluding hydrogens is 533 g/mol. The third-order valence-corrected chi connectivity index (χ3v) is 7.13. The maximum atomic E-state index is 13.0. The zero-order valence-corrected chi connectivity index (χ0v) is 21.8. The Morgan fingerprint density at radius 1 is 0.971 bits per heavy atom. The molecule has 4 nitrogen and oxygen atoms in total. The number of carbonyl (C=O) groups is 1. The van der Waals surface area contributed by atoms with Crippen molar-refractivity contribution in [1.82, 2.24) is 0 Å². The Bertz CT molecular complexity index is 1280. The Hall–Kier alpha value is -2.22. The number of ether oxygens (including phenoxy) is 2. The predicted octanol–water partition coefficient (Wildman–Crippen LogP) is 8.03. The van der Waals surface area contributed by atoms with Gasteiger partial charge in [-0.1, -0.05) is 83.0 Å². The highest BCUT2D eigenvalue weighted by molar-refractivity contribution is 8.27. The minimum atomic E-state index is -0.185. The molecule has 34 heavy (non-hydrogen) atoms. The van der Waals surface area contributed by atoms with Crippen molar-refractivity contribution in [2.75, 3.05) is 11.5 Å². The lowest BCUT2D eigenvalue weighted by molar-refractivity contribution is -0.113. The maximum absolute atomic E-state index is 13.0. The van der Waals surface area contributed by atoms with Gasteiger partial charge in [-0.15, -0.1) is 0 Å². The van der Waals surface area contributed by atoms with Crippen molar-refractivity contribution < 1.29 is 14.3 Å². The fourth-order valence-electron chi connectivity index (χ4n) is 3.28. The molecule has 1 aliphatic heterocycles. The Kier molecular flexibility index (Phi) is 8.06. The van der Waals surface area contributed by atoms with Gasteiger partial charge in [0.05, 0.1) is 32.3 Å². The molecule has 0 spiro atoms. The van der Waals surface area contributed by atoms with Gasteiger partial charge in [0.1, 0.15) is 6.61 Å². The number of thiocarbonyl (C=S) groups is 1. The van der Waals surface area contributed by atoms with E-state index in [1.807, 2.05) is 43.3 Å². The number of anilines is 1. The van der Waals surface area contributed by atoms with Gasteiger partial charge < -0.3 is 9.47 Å². The van der Waals surface area contributed by atoms with E-state index in [4.69, 9.17) is 56.5 Å². The first kappa shape index (κ1) is 24.9. The van der Waals surface area contributed by atoms with Crippen LogP contribution in [-0.2, 0) is 11.4 Å². The SMILES string of the molecule is CCOc1cc(/C=C2/SC(=S)N(c3ccccc3)C2=O)cc(Cl)c1OCc1ccc(Cl)c(Cl)c1. The summed E-state index contributed by atoms with van der Waals surface area (Å²) in [5.41, 5.74) is 2.26. The lowest BCUT2D eigenvalue weighted by Gasteiger charge is -2.15. The quantitative estimate of drug-likeness (QED) is 0.220. The molecule has 1 amide bonds. The van der Waals surface area contributed by atoms with Gasteiger partial charge in [-0.2, -0.15) is 0 Å². The molecule has 0 saturated carbocycles. The van der Waals surface area contributed by atoms with Crippen LogP contribution < -0.4 is 14.4 Å². The molecular formula is C25H18Cl3NO3S2. The fourth-order valence-corrected chi connectivity index (χ4v) is 5.17. The number of halogens is 3. The number of nitrogens with zero attached hydrogens (tertiary/aromatic N) is 1. The zero-order valence-electron chi connectivity index (χ0n) is 17.9. The van der Waals surface area contributed by atoms with Gasteiger partial charge in [-0.05, 0) is 60.5 Å². The largest absolute Gasteiger partial charge is 0.490 e. The van der Waals surface area contributed by atoms with Crippen LogP contribution in [0.1, 0.15) is 18.1 Å². The molecule has 3 aromatic carbocycles. The summed E-state index contributed by atoms with van der Waals surface area (Å²) in [5.74, 6) is 0.693. The zero-order chi connectivity index (χ0) is 24.2. The number of benzene rings is 3. The van der Waals surface area contributed by atoms with Crippen LogP contribution in [0.5, 0.6) is 11.5 Å². The summed E-state index contributed by atoms with van der Waals surface area (Å²) in [6, 6.07) is 18.1. The van der Waals surface area contributed by atoms with E-state index < -0.39 is 0 Å². The molecule has 3 aromatic rings. The van der Waals surface area contributed by atoms with Gasteiger partial charge in [-0.25, -0.2) is 0 Å². The average molecular weight is 551 g/mol. The first-order chi connectivity index (χ1) is 16.4. The van der Waals surface area contributed by atoms with Crippen molar-refractivity contribution in [3.8, 4) is 11.5 Å². The molecule has 1 fully saturated rings. The van der Waals surface area contributed by atoms with E-state index in [0.717, 1.165) is 11.3 Å². The summed E-state index contributed by atoms with van der Waals surface area (Å²) in [5, 5.41) is 1.28. The minimum absolute atomic E-state index is 0.185. The molecule has 0 aliphatic carbocycles. The van der Waals surface area contributed by atoms with Crippen LogP contribution in [-0.4, -0.2) is 16.8 Å². The number of hydrogen-bond acceptors (Lipinski definition) is 5. The van der Waals surface area contributed by atoms with Crippen LogP contribution in [0.3, 0.4) is 0 Å². The maximum Gasteiger partial charge on any atom is 0.270 e. The summed E-state index contributed by atoms with van der Waals surface area (Å²) in [6.45, 7) is 2.51. The Balaban J connectivity index is 1.59. The third-order valence-electron chi connectivity index (χ3n) is 4.80. The second-order valence-corrected chi connectivity index (χ2v) is 10.1. The van der Waals surface area contributed by atoms with E-state index in [2.05, 4.69) is 0 Å². The van der Waals surface area contributed by atoms with E-state index in [9.17, 15) is 4.79 Å². The summed E-state index contributed by atoms with van der Waals surface area (Å²) in [4.78, 5) is 15.1. The molecule has 0 N–H and O–H groups in total. The molecule has 1 saturated heterocycles. The van der Waals surface area contributed by atoms with E-state index in [-0.39, 0.29) is 12.5 Å². The first-order valence-corrected chi connectivity index (χ1v) is 12.6. The molecule has 9 heteroatoms. The highest BCUT2D eigenvalue weighted by atomic mass is 35.5. The summed E-state index contributed by atoms with van der Waals surface area (Å²) >= 11 is 25.3. The van der Waals surface area contributed by atoms with Crippen molar-refractivity contribution in [3.05, 3.63) is 91.8 Å². The monoisotopic (exact) mass is 549 g/mol. The van der Waals surface area contributed by atoms with E-state index >= 15 is 0 Å². The normalized spacial score (nSPS) is 14.7. The molecule has 174 valence electrons. The minimum Gasteiger partial charge on any atom is -0.490 e. The number of amides is 1. The number of carbonyl (C=O) groups excluding carboxylic acids is 1. The molecule has 0 bridgehead atoms. The average Bonchev–Trinajstić information content (AvgIpc) is 3.09. The van der Waals surface area contributed by atoms with Gasteiger partial charge in [0.25, 0.3) is 5.91 Å². The Morgan fingerprint density at radius 2 is 1.74 bits per heavy atom. The Morgan fingerprint density at radius 3 is 2.44 bits per heavy atom. The second-order valence-electron chi connectivity index (χ2n) is 7.15. The molecule has 4 rings (SSSR count). The molecule has 0 aromatic heterocycles. The Labute approximate surface area is 222 Å². The molecule has 0 atom stereocenters. The van der Waals surface area contributed by atoms with Crippen LogP contribution >= 0.6 is 58.8 Å². The van der Waals surface area contributed by atoms with Gasteiger partial charge >= 0.3 is 0 Å². The number of hydrogen-bond donors (Lipinski definition) is 0. The molecule has 1 aliphatic rings. The highest BCUT2D eigenvalue weighted by Gasteiger charge is 2.33. The summed E-state index contributed by atoms with van der Waals surface area (Å²) < 4.78 is 12.2. The van der Waals surface area contributed by atoms with Gasteiger partial charge in [0.2, 0.25) is 0 Å². The van der Waals surface area contributed by atoms with Crippen molar-refractivity contribution >= 4 is 80.8 Å². The fraction of sp³-hybridized carbons (Fsp3) is 0.120.